The van der Waals surface area contributed by atoms with E-state index in [9.17, 15) is 13.2 Å². The SMILES string of the molecule is CCOc1cc2c(cc1NC(=O)c1cc(S(C)(=O)=O)ccc1C)OC(C)C2. The number of benzene rings is 2. The van der Waals surface area contributed by atoms with Crippen molar-refractivity contribution in [1.82, 2.24) is 0 Å². The quantitative estimate of drug-likeness (QED) is 0.848. The second-order valence-corrected chi connectivity index (χ2v) is 8.74. The van der Waals surface area contributed by atoms with Gasteiger partial charge in [0.05, 0.1) is 17.2 Å². The second-order valence-electron chi connectivity index (χ2n) is 6.72. The zero-order chi connectivity index (χ0) is 19.8. The fourth-order valence-corrected chi connectivity index (χ4v) is 3.73. The van der Waals surface area contributed by atoms with Crippen LogP contribution in [0.5, 0.6) is 11.5 Å². The fraction of sp³-hybridized carbons (Fsp3) is 0.350. The van der Waals surface area contributed by atoms with E-state index in [1.54, 1.807) is 19.1 Å². The molecule has 2 aromatic carbocycles. The summed E-state index contributed by atoms with van der Waals surface area (Å²) < 4.78 is 35.1. The van der Waals surface area contributed by atoms with Gasteiger partial charge in [0.25, 0.3) is 5.91 Å². The van der Waals surface area contributed by atoms with Gasteiger partial charge < -0.3 is 14.8 Å². The highest BCUT2D eigenvalue weighted by Gasteiger charge is 2.23. The van der Waals surface area contributed by atoms with Gasteiger partial charge in [0, 0.05) is 29.9 Å². The summed E-state index contributed by atoms with van der Waals surface area (Å²) in [5, 5.41) is 2.84. The number of nitrogens with one attached hydrogen (secondary N) is 1. The maximum Gasteiger partial charge on any atom is 0.256 e. The van der Waals surface area contributed by atoms with Crippen molar-refractivity contribution in [3.05, 3.63) is 47.0 Å². The largest absolute Gasteiger partial charge is 0.492 e. The number of hydrogen-bond acceptors (Lipinski definition) is 5. The Morgan fingerprint density at radius 1 is 1.30 bits per heavy atom. The second kappa shape index (κ2) is 7.23. The molecule has 7 heteroatoms. The van der Waals surface area contributed by atoms with E-state index in [1.807, 2.05) is 19.9 Å². The van der Waals surface area contributed by atoms with Crippen molar-refractivity contribution in [2.45, 2.75) is 38.2 Å². The van der Waals surface area contributed by atoms with Crippen molar-refractivity contribution >= 4 is 21.4 Å². The van der Waals surface area contributed by atoms with Crippen LogP contribution in [0.4, 0.5) is 5.69 Å². The number of sulfone groups is 1. The Labute approximate surface area is 159 Å². The van der Waals surface area contributed by atoms with Gasteiger partial charge in [0.2, 0.25) is 0 Å². The molecule has 1 heterocycles. The van der Waals surface area contributed by atoms with Crippen molar-refractivity contribution in [1.29, 1.82) is 0 Å². The number of ether oxygens (including phenoxy) is 2. The summed E-state index contributed by atoms with van der Waals surface area (Å²) in [7, 11) is -3.40. The Kier molecular flexibility index (Phi) is 5.15. The molecule has 0 fully saturated rings. The first-order valence-corrected chi connectivity index (χ1v) is 10.7. The number of rotatable bonds is 5. The number of carbonyl (C=O) groups excluding carboxylic acids is 1. The highest BCUT2D eigenvalue weighted by atomic mass is 32.2. The first-order valence-electron chi connectivity index (χ1n) is 8.77. The van der Waals surface area contributed by atoms with Crippen molar-refractivity contribution in [2.24, 2.45) is 0 Å². The van der Waals surface area contributed by atoms with E-state index in [0.29, 0.717) is 29.2 Å². The van der Waals surface area contributed by atoms with Crippen molar-refractivity contribution < 1.29 is 22.7 Å². The Hall–Kier alpha value is -2.54. The maximum atomic E-state index is 12.8. The lowest BCUT2D eigenvalue weighted by atomic mass is 10.1. The number of aryl methyl sites for hydroxylation is 1. The molecule has 0 bridgehead atoms. The molecule has 144 valence electrons. The van der Waals surface area contributed by atoms with Gasteiger partial charge in [-0.1, -0.05) is 6.07 Å². The Balaban J connectivity index is 1.96. The summed E-state index contributed by atoms with van der Waals surface area (Å²) in [4.78, 5) is 12.9. The molecule has 1 atom stereocenters. The molecule has 1 unspecified atom stereocenters. The molecule has 0 saturated heterocycles. The van der Waals surface area contributed by atoms with Crippen LogP contribution in [-0.4, -0.2) is 33.3 Å². The van der Waals surface area contributed by atoms with Gasteiger partial charge in [0.15, 0.2) is 9.84 Å². The monoisotopic (exact) mass is 389 g/mol. The normalized spacial score (nSPS) is 15.8. The summed E-state index contributed by atoms with van der Waals surface area (Å²) in [5.41, 5.74) is 2.53. The van der Waals surface area contributed by atoms with E-state index in [-0.39, 0.29) is 11.0 Å². The number of fused-ring (bicyclic) bond motifs is 1. The van der Waals surface area contributed by atoms with E-state index >= 15 is 0 Å². The molecule has 1 aliphatic rings. The molecule has 27 heavy (non-hydrogen) atoms. The summed E-state index contributed by atoms with van der Waals surface area (Å²) >= 11 is 0. The van der Waals surface area contributed by atoms with E-state index in [2.05, 4.69) is 5.32 Å². The molecule has 1 N–H and O–H groups in total. The van der Waals surface area contributed by atoms with Gasteiger partial charge in [0.1, 0.15) is 17.6 Å². The lowest BCUT2D eigenvalue weighted by molar-refractivity contribution is 0.102. The molecular formula is C20H23NO5S. The van der Waals surface area contributed by atoms with Crippen molar-refractivity contribution in [2.75, 3.05) is 18.2 Å². The minimum atomic E-state index is -3.40. The Morgan fingerprint density at radius 2 is 2.04 bits per heavy atom. The molecule has 2 aromatic rings. The van der Waals surface area contributed by atoms with E-state index in [1.165, 1.54) is 12.1 Å². The zero-order valence-corrected chi connectivity index (χ0v) is 16.6. The van der Waals surface area contributed by atoms with Crippen LogP contribution in [0.3, 0.4) is 0 Å². The van der Waals surface area contributed by atoms with Crippen LogP contribution in [0, 0.1) is 6.92 Å². The molecule has 1 aliphatic heterocycles. The highest BCUT2D eigenvalue weighted by Crippen LogP contribution is 2.38. The first-order chi connectivity index (χ1) is 12.7. The summed E-state index contributed by atoms with van der Waals surface area (Å²) in [6, 6.07) is 8.17. The Bertz CT molecular complexity index is 998. The number of carbonyl (C=O) groups is 1. The molecule has 1 amide bonds. The van der Waals surface area contributed by atoms with Crippen LogP contribution >= 0.6 is 0 Å². The molecule has 0 aliphatic carbocycles. The van der Waals surface area contributed by atoms with Gasteiger partial charge in [-0.05, 0) is 44.5 Å². The molecule has 0 spiro atoms. The summed E-state index contributed by atoms with van der Waals surface area (Å²) in [6.45, 7) is 6.08. The number of anilines is 1. The van der Waals surface area contributed by atoms with Crippen LogP contribution in [0.1, 0.15) is 35.3 Å². The number of hydrogen-bond donors (Lipinski definition) is 1. The smallest absolute Gasteiger partial charge is 0.256 e. The molecule has 6 nitrogen and oxygen atoms in total. The molecule has 0 radical (unpaired) electrons. The molecular weight excluding hydrogens is 366 g/mol. The minimum Gasteiger partial charge on any atom is -0.492 e. The van der Waals surface area contributed by atoms with Crippen LogP contribution in [0.25, 0.3) is 0 Å². The van der Waals surface area contributed by atoms with Crippen LogP contribution in [0.2, 0.25) is 0 Å². The minimum absolute atomic E-state index is 0.0779. The van der Waals surface area contributed by atoms with Crippen molar-refractivity contribution in [3.8, 4) is 11.5 Å². The van der Waals surface area contributed by atoms with Crippen molar-refractivity contribution in [3.63, 3.8) is 0 Å². The van der Waals surface area contributed by atoms with Crippen LogP contribution < -0.4 is 14.8 Å². The standard InChI is InChI=1S/C20H23NO5S/c1-5-25-19-9-14-8-13(3)26-18(14)11-17(19)21-20(22)16-10-15(27(4,23)24)7-6-12(16)2/h6-7,9-11,13H,5,8H2,1-4H3,(H,21,22). The lowest BCUT2D eigenvalue weighted by Crippen LogP contribution is -2.15. The maximum absolute atomic E-state index is 12.8. The topological polar surface area (TPSA) is 81.7 Å². The predicted molar refractivity (Wildman–Crippen MR) is 104 cm³/mol. The van der Waals surface area contributed by atoms with E-state index in [0.717, 1.165) is 24.0 Å². The average Bonchev–Trinajstić information content (AvgIpc) is 2.93. The Morgan fingerprint density at radius 3 is 2.70 bits per heavy atom. The first kappa shape index (κ1) is 19.2. The van der Waals surface area contributed by atoms with Gasteiger partial charge in [-0.15, -0.1) is 0 Å². The third-order valence-corrected chi connectivity index (χ3v) is 5.54. The highest BCUT2D eigenvalue weighted by molar-refractivity contribution is 7.90. The number of amides is 1. The average molecular weight is 389 g/mol. The van der Waals surface area contributed by atoms with Gasteiger partial charge in [-0.3, -0.25) is 4.79 Å². The fourth-order valence-electron chi connectivity index (χ4n) is 3.08. The molecule has 3 rings (SSSR count). The molecule has 0 aromatic heterocycles. The summed E-state index contributed by atoms with van der Waals surface area (Å²) in [5.74, 6) is 0.895. The van der Waals surface area contributed by atoms with Crippen LogP contribution in [-0.2, 0) is 16.3 Å². The lowest BCUT2D eigenvalue weighted by Gasteiger charge is -2.14. The van der Waals surface area contributed by atoms with Gasteiger partial charge in [-0.25, -0.2) is 8.42 Å². The third-order valence-electron chi connectivity index (χ3n) is 4.43. The predicted octanol–water partition coefficient (Wildman–Crippen LogP) is 3.37. The summed E-state index contributed by atoms with van der Waals surface area (Å²) in [6.07, 6.45) is 1.99. The molecule has 0 saturated carbocycles. The van der Waals surface area contributed by atoms with Gasteiger partial charge >= 0.3 is 0 Å². The van der Waals surface area contributed by atoms with E-state index in [4.69, 9.17) is 9.47 Å². The van der Waals surface area contributed by atoms with Crippen LogP contribution in [0.15, 0.2) is 35.2 Å². The van der Waals surface area contributed by atoms with E-state index < -0.39 is 15.7 Å². The third kappa shape index (κ3) is 4.08. The zero-order valence-electron chi connectivity index (χ0n) is 15.8. The van der Waals surface area contributed by atoms with Gasteiger partial charge in [-0.2, -0.15) is 0 Å².